The summed E-state index contributed by atoms with van der Waals surface area (Å²) in [4.78, 5) is 22.0. The fraction of sp³-hybridized carbons (Fsp3) is 0.133. The molecule has 0 atom stereocenters. The monoisotopic (exact) mass is 302 g/mol. The highest BCUT2D eigenvalue weighted by atomic mass is 16.6. The average molecular weight is 302 g/mol. The molecule has 7 nitrogen and oxygen atoms in total. The molecule has 1 aromatic heterocycles. The first-order valence-corrected chi connectivity index (χ1v) is 6.37. The first-order chi connectivity index (χ1) is 10.5. The van der Waals surface area contributed by atoms with Crippen molar-refractivity contribution < 1.29 is 18.9 Å². The molecule has 0 saturated heterocycles. The number of methoxy groups -OCH3 is 1. The largest absolute Gasteiger partial charge is 0.494 e. The summed E-state index contributed by atoms with van der Waals surface area (Å²) in [6.07, 6.45) is 2.83. The standard InChI is InChI=1S/C15H14N2O5/c1-10-3-5-12(22-10)6-8-15(18)16-13-7-4-11(17(19)20)9-14(13)21-2/h3-9H,1-2H3,(H,16,18). The van der Waals surface area contributed by atoms with Crippen LogP contribution in [0.5, 0.6) is 5.75 Å². The van der Waals surface area contributed by atoms with Gasteiger partial charge >= 0.3 is 0 Å². The van der Waals surface area contributed by atoms with E-state index in [1.165, 1.54) is 37.5 Å². The summed E-state index contributed by atoms with van der Waals surface area (Å²) in [5.41, 5.74) is 0.231. The van der Waals surface area contributed by atoms with Crippen LogP contribution in [0.3, 0.4) is 0 Å². The Hall–Kier alpha value is -3.09. The van der Waals surface area contributed by atoms with Gasteiger partial charge in [0.05, 0.1) is 23.8 Å². The number of nitro groups is 1. The predicted octanol–water partition coefficient (Wildman–Crippen LogP) is 3.16. The van der Waals surface area contributed by atoms with Crippen LogP contribution in [0.15, 0.2) is 40.8 Å². The van der Waals surface area contributed by atoms with Gasteiger partial charge in [-0.1, -0.05) is 0 Å². The summed E-state index contributed by atoms with van der Waals surface area (Å²) in [6.45, 7) is 1.80. The number of aryl methyl sites for hydroxylation is 1. The minimum Gasteiger partial charge on any atom is -0.494 e. The lowest BCUT2D eigenvalue weighted by Gasteiger charge is -2.08. The Morgan fingerprint density at radius 3 is 2.73 bits per heavy atom. The number of ether oxygens (including phenoxy) is 1. The van der Waals surface area contributed by atoms with E-state index in [0.717, 1.165) is 5.76 Å². The van der Waals surface area contributed by atoms with Crippen LogP contribution in [-0.2, 0) is 4.79 Å². The van der Waals surface area contributed by atoms with Gasteiger partial charge in [-0.2, -0.15) is 0 Å². The maximum atomic E-state index is 11.9. The van der Waals surface area contributed by atoms with E-state index in [2.05, 4.69) is 5.32 Å². The molecule has 7 heteroatoms. The van der Waals surface area contributed by atoms with Gasteiger partial charge in [-0.15, -0.1) is 0 Å². The summed E-state index contributed by atoms with van der Waals surface area (Å²) in [7, 11) is 1.37. The van der Waals surface area contributed by atoms with Crippen molar-refractivity contribution in [2.75, 3.05) is 12.4 Å². The van der Waals surface area contributed by atoms with Crippen LogP contribution in [0.4, 0.5) is 11.4 Å². The highest BCUT2D eigenvalue weighted by molar-refractivity contribution is 6.02. The topological polar surface area (TPSA) is 94.6 Å². The lowest BCUT2D eigenvalue weighted by molar-refractivity contribution is -0.384. The molecule has 1 N–H and O–H groups in total. The summed E-state index contributed by atoms with van der Waals surface area (Å²) in [5, 5.41) is 13.3. The number of rotatable bonds is 5. The molecule has 0 saturated carbocycles. The second-order valence-electron chi connectivity index (χ2n) is 4.41. The van der Waals surface area contributed by atoms with Crippen molar-refractivity contribution in [1.29, 1.82) is 0 Å². The number of anilines is 1. The number of nitrogens with one attached hydrogen (secondary N) is 1. The molecule has 0 aliphatic heterocycles. The van der Waals surface area contributed by atoms with Gasteiger partial charge in [0.1, 0.15) is 17.3 Å². The van der Waals surface area contributed by atoms with Gasteiger partial charge in [0, 0.05) is 12.1 Å². The Kier molecular flexibility index (Phi) is 4.57. The molecular formula is C15H14N2O5. The lowest BCUT2D eigenvalue weighted by Crippen LogP contribution is -2.09. The molecule has 0 unspecified atom stereocenters. The predicted molar refractivity (Wildman–Crippen MR) is 80.8 cm³/mol. The van der Waals surface area contributed by atoms with E-state index in [-0.39, 0.29) is 11.4 Å². The van der Waals surface area contributed by atoms with Gasteiger partial charge in [-0.25, -0.2) is 0 Å². The Labute approximate surface area is 126 Å². The number of nitrogens with zero attached hydrogens (tertiary/aromatic N) is 1. The first kappa shape index (κ1) is 15.3. The molecule has 114 valence electrons. The van der Waals surface area contributed by atoms with Crippen molar-refractivity contribution in [3.63, 3.8) is 0 Å². The number of amides is 1. The van der Waals surface area contributed by atoms with E-state index in [0.29, 0.717) is 11.4 Å². The van der Waals surface area contributed by atoms with Crippen molar-refractivity contribution in [3.8, 4) is 5.75 Å². The number of hydrogen-bond donors (Lipinski definition) is 1. The van der Waals surface area contributed by atoms with Crippen LogP contribution in [0.25, 0.3) is 6.08 Å². The SMILES string of the molecule is COc1cc([N+](=O)[O-])ccc1NC(=O)C=Cc1ccc(C)o1. The summed E-state index contributed by atoms with van der Waals surface area (Å²) in [5.74, 6) is 1.12. The first-order valence-electron chi connectivity index (χ1n) is 6.37. The van der Waals surface area contributed by atoms with E-state index < -0.39 is 10.8 Å². The quantitative estimate of drug-likeness (QED) is 0.520. The molecule has 2 rings (SSSR count). The molecule has 0 radical (unpaired) electrons. The number of carbonyl (C=O) groups is 1. The molecule has 0 spiro atoms. The third-order valence-corrected chi connectivity index (χ3v) is 2.81. The highest BCUT2D eigenvalue weighted by Crippen LogP contribution is 2.28. The molecule has 1 heterocycles. The van der Waals surface area contributed by atoms with Crippen LogP contribution < -0.4 is 10.1 Å². The molecule has 22 heavy (non-hydrogen) atoms. The minimum atomic E-state index is -0.534. The average Bonchev–Trinajstić information content (AvgIpc) is 2.91. The van der Waals surface area contributed by atoms with Crippen LogP contribution in [0, 0.1) is 17.0 Å². The molecule has 0 bridgehead atoms. The van der Waals surface area contributed by atoms with Crippen LogP contribution in [0.1, 0.15) is 11.5 Å². The van der Waals surface area contributed by atoms with E-state index in [9.17, 15) is 14.9 Å². The molecule has 0 fully saturated rings. The highest BCUT2D eigenvalue weighted by Gasteiger charge is 2.12. The zero-order chi connectivity index (χ0) is 16.1. The van der Waals surface area contributed by atoms with Crippen molar-refractivity contribution in [2.45, 2.75) is 6.92 Å². The van der Waals surface area contributed by atoms with E-state index in [4.69, 9.17) is 9.15 Å². The van der Waals surface area contributed by atoms with E-state index >= 15 is 0 Å². The molecule has 2 aromatic rings. The van der Waals surface area contributed by atoms with Gasteiger partial charge in [0.25, 0.3) is 5.69 Å². The zero-order valence-electron chi connectivity index (χ0n) is 12.0. The van der Waals surface area contributed by atoms with Crippen molar-refractivity contribution in [3.05, 3.63) is 58.0 Å². The van der Waals surface area contributed by atoms with Crippen molar-refractivity contribution in [1.82, 2.24) is 0 Å². The Bertz CT molecular complexity index is 733. The fourth-order valence-corrected chi connectivity index (χ4v) is 1.77. The summed E-state index contributed by atoms with van der Waals surface area (Å²) in [6, 6.07) is 7.48. The molecule has 1 amide bonds. The lowest BCUT2D eigenvalue weighted by atomic mass is 10.2. The Balaban J connectivity index is 2.11. The normalized spacial score (nSPS) is 10.6. The van der Waals surface area contributed by atoms with E-state index in [1.54, 1.807) is 19.1 Å². The van der Waals surface area contributed by atoms with Gasteiger partial charge in [0.15, 0.2) is 0 Å². The number of benzene rings is 1. The van der Waals surface area contributed by atoms with Crippen molar-refractivity contribution >= 4 is 23.4 Å². The van der Waals surface area contributed by atoms with Crippen molar-refractivity contribution in [2.24, 2.45) is 0 Å². The van der Waals surface area contributed by atoms with Crippen LogP contribution in [0.2, 0.25) is 0 Å². The molecule has 0 aliphatic carbocycles. The number of hydrogen-bond acceptors (Lipinski definition) is 5. The van der Waals surface area contributed by atoms with Crippen LogP contribution >= 0.6 is 0 Å². The Morgan fingerprint density at radius 2 is 2.14 bits per heavy atom. The van der Waals surface area contributed by atoms with Gasteiger partial charge in [-0.3, -0.25) is 14.9 Å². The second-order valence-corrected chi connectivity index (χ2v) is 4.41. The summed E-state index contributed by atoms with van der Waals surface area (Å²) >= 11 is 0. The Morgan fingerprint density at radius 1 is 1.36 bits per heavy atom. The number of non-ortho nitro benzene ring substituents is 1. The second kappa shape index (κ2) is 6.57. The van der Waals surface area contributed by atoms with E-state index in [1.807, 2.05) is 0 Å². The third-order valence-electron chi connectivity index (χ3n) is 2.81. The molecule has 1 aromatic carbocycles. The van der Waals surface area contributed by atoms with Gasteiger partial charge in [-0.05, 0) is 31.2 Å². The fourth-order valence-electron chi connectivity index (χ4n) is 1.77. The van der Waals surface area contributed by atoms with Crippen LogP contribution in [-0.4, -0.2) is 17.9 Å². The smallest absolute Gasteiger partial charge is 0.273 e. The molecular weight excluding hydrogens is 288 g/mol. The number of nitro benzene ring substituents is 1. The number of carbonyl (C=O) groups excluding carboxylic acids is 1. The van der Waals surface area contributed by atoms with Gasteiger partial charge in [0.2, 0.25) is 5.91 Å². The minimum absolute atomic E-state index is 0.114. The summed E-state index contributed by atoms with van der Waals surface area (Å²) < 4.78 is 10.3. The maximum Gasteiger partial charge on any atom is 0.273 e. The maximum absolute atomic E-state index is 11.9. The molecule has 0 aliphatic rings. The van der Waals surface area contributed by atoms with Gasteiger partial charge < -0.3 is 14.5 Å². The third kappa shape index (κ3) is 3.72. The number of furan rings is 1. The zero-order valence-corrected chi connectivity index (χ0v) is 12.0.